The van der Waals surface area contributed by atoms with Gasteiger partial charge >= 0.3 is 5.97 Å². The van der Waals surface area contributed by atoms with Gasteiger partial charge in [0.15, 0.2) is 5.69 Å². The van der Waals surface area contributed by atoms with Gasteiger partial charge in [-0.15, -0.1) is 0 Å². The molecule has 0 N–H and O–H groups in total. The van der Waals surface area contributed by atoms with Gasteiger partial charge in [0.2, 0.25) is 0 Å². The molecule has 0 saturated carbocycles. The number of ether oxygens (including phenoxy) is 1. The molecule has 2 aromatic heterocycles. The number of methoxy groups -OCH3 is 1. The zero-order valence-corrected chi connectivity index (χ0v) is 15.3. The number of piperidine rings is 1. The van der Waals surface area contributed by atoms with E-state index < -0.39 is 5.97 Å². The number of aromatic nitrogens is 4. The number of carbonyl (C=O) groups is 2. The highest BCUT2D eigenvalue weighted by molar-refractivity contribution is 5.92. The number of esters is 1. The van der Waals surface area contributed by atoms with E-state index in [1.807, 2.05) is 9.80 Å². The van der Waals surface area contributed by atoms with Crippen molar-refractivity contribution in [3.8, 4) is 0 Å². The number of fused-ring (bicyclic) bond motifs is 1. The summed E-state index contributed by atoms with van der Waals surface area (Å²) in [6.45, 7) is 3.40. The van der Waals surface area contributed by atoms with E-state index in [-0.39, 0.29) is 5.91 Å². The molecule has 1 amide bonds. The highest BCUT2D eigenvalue weighted by Gasteiger charge is 2.24. The van der Waals surface area contributed by atoms with Gasteiger partial charge in [0.25, 0.3) is 5.91 Å². The van der Waals surface area contributed by atoms with Crippen LogP contribution in [0.2, 0.25) is 0 Å². The van der Waals surface area contributed by atoms with Crippen molar-refractivity contribution in [2.75, 3.05) is 31.6 Å². The molecule has 1 saturated heterocycles. The van der Waals surface area contributed by atoms with Crippen LogP contribution in [-0.2, 0) is 17.8 Å². The third-order valence-corrected chi connectivity index (χ3v) is 5.00. The molecule has 0 unspecified atom stereocenters. The van der Waals surface area contributed by atoms with Gasteiger partial charge < -0.3 is 14.5 Å². The minimum atomic E-state index is -0.447. The van der Waals surface area contributed by atoms with E-state index in [1.54, 1.807) is 16.9 Å². The molecule has 2 aromatic rings. The maximum atomic E-state index is 12.7. The Morgan fingerprint density at radius 2 is 1.85 bits per heavy atom. The Morgan fingerprint density at radius 1 is 1.04 bits per heavy atom. The lowest BCUT2D eigenvalue weighted by atomic mass is 10.1. The van der Waals surface area contributed by atoms with Crippen molar-refractivity contribution in [1.82, 2.24) is 24.6 Å². The lowest BCUT2D eigenvalue weighted by Gasteiger charge is -2.29. The number of hydrogen-bond acceptors (Lipinski definition) is 7. The summed E-state index contributed by atoms with van der Waals surface area (Å²) in [6, 6.07) is 1.73. The van der Waals surface area contributed by atoms with E-state index in [4.69, 9.17) is 4.74 Å². The van der Waals surface area contributed by atoms with Crippen molar-refractivity contribution in [3.63, 3.8) is 0 Å². The van der Waals surface area contributed by atoms with Crippen molar-refractivity contribution in [2.45, 2.75) is 32.4 Å². The van der Waals surface area contributed by atoms with Crippen LogP contribution < -0.4 is 4.90 Å². The molecule has 0 atom stereocenters. The van der Waals surface area contributed by atoms with E-state index in [9.17, 15) is 9.59 Å². The van der Waals surface area contributed by atoms with E-state index in [0.717, 1.165) is 31.6 Å². The first-order valence-corrected chi connectivity index (χ1v) is 9.17. The predicted molar refractivity (Wildman–Crippen MR) is 96.4 cm³/mol. The number of nitrogens with zero attached hydrogens (tertiary/aromatic N) is 6. The first-order chi connectivity index (χ1) is 13.2. The average Bonchev–Trinajstić information content (AvgIpc) is 3.16. The number of likely N-dealkylation sites (tertiary alicyclic amines) is 1. The number of anilines is 1. The van der Waals surface area contributed by atoms with Crippen LogP contribution in [0.15, 0.2) is 18.5 Å². The fourth-order valence-electron chi connectivity index (χ4n) is 3.54. The Morgan fingerprint density at radius 3 is 2.63 bits per heavy atom. The minimum absolute atomic E-state index is 0.0564. The number of rotatable bonds is 3. The molecule has 9 heteroatoms. The summed E-state index contributed by atoms with van der Waals surface area (Å²) in [5.41, 5.74) is 1.58. The standard InChI is InChI=1S/C18H22N6O3/c1-27-18(26)14-9-13-12-23(7-8-24(13)21-14)16-11-19-10-15(20-16)17(25)22-5-3-2-4-6-22/h9-11H,2-8,12H2,1H3. The summed E-state index contributed by atoms with van der Waals surface area (Å²) in [5.74, 6) is 0.154. The second-order valence-electron chi connectivity index (χ2n) is 6.77. The molecular weight excluding hydrogens is 348 g/mol. The molecule has 0 spiro atoms. The predicted octanol–water partition coefficient (Wildman–Crippen LogP) is 1.11. The number of hydrogen-bond donors (Lipinski definition) is 0. The molecule has 0 aromatic carbocycles. The Labute approximate surface area is 156 Å². The Bertz CT molecular complexity index is 859. The Kier molecular flexibility index (Phi) is 4.74. The van der Waals surface area contributed by atoms with Gasteiger partial charge in [0.1, 0.15) is 11.5 Å². The highest BCUT2D eigenvalue weighted by Crippen LogP contribution is 2.20. The first-order valence-electron chi connectivity index (χ1n) is 9.17. The molecule has 0 bridgehead atoms. The van der Waals surface area contributed by atoms with Crippen LogP contribution >= 0.6 is 0 Å². The van der Waals surface area contributed by atoms with Crippen molar-refractivity contribution < 1.29 is 14.3 Å². The average molecular weight is 370 g/mol. The van der Waals surface area contributed by atoms with Crippen molar-refractivity contribution in [2.24, 2.45) is 0 Å². The smallest absolute Gasteiger partial charge is 0.358 e. The quantitative estimate of drug-likeness (QED) is 0.747. The summed E-state index contributed by atoms with van der Waals surface area (Å²) in [6.07, 6.45) is 6.45. The minimum Gasteiger partial charge on any atom is -0.464 e. The molecule has 2 aliphatic heterocycles. The molecule has 4 rings (SSSR count). The monoisotopic (exact) mass is 370 g/mol. The molecule has 0 radical (unpaired) electrons. The number of amides is 1. The first kappa shape index (κ1) is 17.4. The largest absolute Gasteiger partial charge is 0.464 e. The summed E-state index contributed by atoms with van der Waals surface area (Å²) >= 11 is 0. The summed E-state index contributed by atoms with van der Waals surface area (Å²) in [7, 11) is 1.34. The zero-order chi connectivity index (χ0) is 18.8. The van der Waals surface area contributed by atoms with E-state index in [2.05, 4.69) is 15.1 Å². The second kappa shape index (κ2) is 7.34. The molecule has 0 aliphatic carbocycles. The molecule has 142 valence electrons. The van der Waals surface area contributed by atoms with E-state index in [1.165, 1.54) is 19.7 Å². The van der Waals surface area contributed by atoms with Crippen molar-refractivity contribution >= 4 is 17.7 Å². The van der Waals surface area contributed by atoms with Crippen LogP contribution in [0.4, 0.5) is 5.82 Å². The van der Waals surface area contributed by atoms with Crippen molar-refractivity contribution in [3.05, 3.63) is 35.5 Å². The van der Waals surface area contributed by atoms with Crippen LogP contribution in [0.3, 0.4) is 0 Å². The van der Waals surface area contributed by atoms with Crippen LogP contribution in [0, 0.1) is 0 Å². The van der Waals surface area contributed by atoms with Gasteiger partial charge in [-0.25, -0.2) is 9.78 Å². The van der Waals surface area contributed by atoms with Crippen molar-refractivity contribution in [1.29, 1.82) is 0 Å². The molecule has 2 aliphatic rings. The molecular formula is C18H22N6O3. The zero-order valence-electron chi connectivity index (χ0n) is 15.3. The van der Waals surface area contributed by atoms with Gasteiger partial charge in [0.05, 0.1) is 38.3 Å². The maximum Gasteiger partial charge on any atom is 0.358 e. The van der Waals surface area contributed by atoms with Gasteiger partial charge in [-0.3, -0.25) is 14.5 Å². The summed E-state index contributed by atoms with van der Waals surface area (Å²) < 4.78 is 6.54. The fraction of sp³-hybridized carbons (Fsp3) is 0.500. The van der Waals surface area contributed by atoms with Crippen LogP contribution in [0.1, 0.15) is 45.9 Å². The van der Waals surface area contributed by atoms with Gasteiger partial charge in [-0.2, -0.15) is 5.10 Å². The van der Waals surface area contributed by atoms with Gasteiger partial charge in [-0.1, -0.05) is 0 Å². The van der Waals surface area contributed by atoms with Crippen LogP contribution in [-0.4, -0.2) is 63.3 Å². The molecule has 4 heterocycles. The second-order valence-corrected chi connectivity index (χ2v) is 6.77. The third kappa shape index (κ3) is 3.49. The van der Waals surface area contributed by atoms with Gasteiger partial charge in [0, 0.05) is 19.6 Å². The lowest BCUT2D eigenvalue weighted by Crippen LogP contribution is -2.37. The molecule has 9 nitrogen and oxygen atoms in total. The molecule has 27 heavy (non-hydrogen) atoms. The Hall–Kier alpha value is -2.97. The topological polar surface area (TPSA) is 93.5 Å². The summed E-state index contributed by atoms with van der Waals surface area (Å²) in [4.78, 5) is 37.0. The fourth-order valence-corrected chi connectivity index (χ4v) is 3.54. The lowest BCUT2D eigenvalue weighted by molar-refractivity contribution is 0.0592. The normalized spacial score (nSPS) is 16.8. The van der Waals surface area contributed by atoms with Crippen LogP contribution in [0.5, 0.6) is 0 Å². The van der Waals surface area contributed by atoms with E-state index in [0.29, 0.717) is 36.8 Å². The maximum absolute atomic E-state index is 12.7. The number of carbonyl (C=O) groups excluding carboxylic acids is 2. The highest BCUT2D eigenvalue weighted by atomic mass is 16.5. The Balaban J connectivity index is 1.52. The van der Waals surface area contributed by atoms with Gasteiger partial charge in [-0.05, 0) is 25.3 Å². The summed E-state index contributed by atoms with van der Waals surface area (Å²) in [5, 5.41) is 4.28. The molecule has 1 fully saturated rings. The van der Waals surface area contributed by atoms with Crippen LogP contribution in [0.25, 0.3) is 0 Å². The SMILES string of the molecule is COC(=O)c1cc2n(n1)CCN(c1cncc(C(=O)N3CCCCC3)n1)C2. The third-order valence-electron chi connectivity index (χ3n) is 5.00. The van der Waals surface area contributed by atoms with E-state index >= 15 is 0 Å².